The Kier molecular flexibility index (Phi) is 5.35. The summed E-state index contributed by atoms with van der Waals surface area (Å²) in [7, 11) is 0. The molecule has 2 N–H and O–H groups in total. The average Bonchev–Trinajstić information content (AvgIpc) is 3.04. The Bertz CT molecular complexity index is 750. The average molecular weight is 357 g/mol. The molecule has 4 nitrogen and oxygen atoms in total. The van der Waals surface area contributed by atoms with Gasteiger partial charge in [0.05, 0.1) is 5.37 Å². The first kappa shape index (κ1) is 17.8. The number of ether oxygens (including phenoxy) is 1. The van der Waals surface area contributed by atoms with Crippen LogP contribution in [0.5, 0.6) is 5.75 Å². The van der Waals surface area contributed by atoms with Gasteiger partial charge in [0.25, 0.3) is 0 Å². The predicted molar refractivity (Wildman–Crippen MR) is 101 cm³/mol. The molecule has 2 aromatic carbocycles. The van der Waals surface area contributed by atoms with E-state index in [1.54, 1.807) is 11.8 Å². The van der Waals surface area contributed by atoms with Crippen LogP contribution in [0.2, 0.25) is 0 Å². The number of hydrogen-bond donors (Lipinski definition) is 2. The molecule has 0 aromatic heterocycles. The highest BCUT2D eigenvalue weighted by atomic mass is 32.2. The Labute approximate surface area is 152 Å². The molecular weight excluding hydrogens is 334 g/mol. The van der Waals surface area contributed by atoms with Gasteiger partial charge in [-0.25, -0.2) is 0 Å². The number of aliphatic carboxylic acids is 1. The van der Waals surface area contributed by atoms with Crippen molar-refractivity contribution in [3.63, 3.8) is 0 Å². The van der Waals surface area contributed by atoms with Gasteiger partial charge in [-0.05, 0) is 55.2 Å². The Morgan fingerprint density at radius 2 is 1.84 bits per heavy atom. The van der Waals surface area contributed by atoms with Gasteiger partial charge in [0.15, 0.2) is 0 Å². The fourth-order valence-corrected chi connectivity index (χ4v) is 4.37. The van der Waals surface area contributed by atoms with Crippen molar-refractivity contribution in [3.05, 3.63) is 64.2 Å². The van der Waals surface area contributed by atoms with Crippen LogP contribution in [-0.2, 0) is 11.4 Å². The SMILES string of the molecule is Cc1cc(C)c(COc2ccc(C3NC(C(=O)O)CS3)cc2)c(C)c1. The normalized spacial score (nSPS) is 19.8. The molecule has 0 bridgehead atoms. The van der Waals surface area contributed by atoms with Gasteiger partial charge in [-0.1, -0.05) is 29.8 Å². The lowest BCUT2D eigenvalue weighted by Crippen LogP contribution is -2.33. The molecular formula is C20H23NO3S. The molecule has 1 aliphatic heterocycles. The van der Waals surface area contributed by atoms with Crippen LogP contribution in [0.25, 0.3) is 0 Å². The molecule has 5 heteroatoms. The van der Waals surface area contributed by atoms with E-state index < -0.39 is 12.0 Å². The minimum Gasteiger partial charge on any atom is -0.489 e. The van der Waals surface area contributed by atoms with Gasteiger partial charge in [-0.3, -0.25) is 10.1 Å². The van der Waals surface area contributed by atoms with Crippen molar-refractivity contribution in [2.45, 2.75) is 38.8 Å². The summed E-state index contributed by atoms with van der Waals surface area (Å²) in [6, 6.07) is 11.8. The highest BCUT2D eigenvalue weighted by Gasteiger charge is 2.30. The summed E-state index contributed by atoms with van der Waals surface area (Å²) in [5, 5.41) is 12.2. The number of hydrogen-bond acceptors (Lipinski definition) is 4. The van der Waals surface area contributed by atoms with E-state index in [0.717, 1.165) is 11.3 Å². The molecule has 2 aromatic rings. The smallest absolute Gasteiger partial charge is 0.321 e. The first-order valence-electron chi connectivity index (χ1n) is 8.34. The van der Waals surface area contributed by atoms with E-state index in [4.69, 9.17) is 9.84 Å². The number of benzene rings is 2. The van der Waals surface area contributed by atoms with Crippen molar-refractivity contribution < 1.29 is 14.6 Å². The number of nitrogens with one attached hydrogen (secondary N) is 1. The van der Waals surface area contributed by atoms with Gasteiger partial charge in [0, 0.05) is 5.75 Å². The summed E-state index contributed by atoms with van der Waals surface area (Å²) in [4.78, 5) is 11.0. The molecule has 25 heavy (non-hydrogen) atoms. The van der Waals surface area contributed by atoms with Gasteiger partial charge in [0.1, 0.15) is 18.4 Å². The van der Waals surface area contributed by atoms with Gasteiger partial charge in [0.2, 0.25) is 0 Å². The molecule has 2 unspecified atom stereocenters. The van der Waals surface area contributed by atoms with Crippen LogP contribution in [0.1, 0.15) is 33.2 Å². The number of carbonyl (C=O) groups is 1. The standard InChI is InChI=1S/C20H23NO3S/c1-12-8-13(2)17(14(3)9-12)10-24-16-6-4-15(5-7-16)19-21-18(11-25-19)20(22)23/h4-9,18-19,21H,10-11H2,1-3H3,(H,22,23). The van der Waals surface area contributed by atoms with Crippen LogP contribution in [0, 0.1) is 20.8 Å². The molecule has 1 heterocycles. The van der Waals surface area contributed by atoms with Crippen molar-refractivity contribution in [2.24, 2.45) is 0 Å². The lowest BCUT2D eigenvalue weighted by atomic mass is 10.0. The second kappa shape index (κ2) is 7.50. The number of carboxylic acid groups (broad SMARTS) is 1. The molecule has 0 amide bonds. The first-order valence-corrected chi connectivity index (χ1v) is 9.39. The molecule has 2 atom stereocenters. The van der Waals surface area contributed by atoms with Crippen LogP contribution in [0.4, 0.5) is 0 Å². The zero-order valence-electron chi connectivity index (χ0n) is 14.7. The largest absolute Gasteiger partial charge is 0.489 e. The molecule has 1 aliphatic rings. The van der Waals surface area contributed by atoms with Crippen LogP contribution in [0.15, 0.2) is 36.4 Å². The molecule has 132 valence electrons. The van der Waals surface area contributed by atoms with Crippen molar-refractivity contribution in [1.29, 1.82) is 0 Å². The van der Waals surface area contributed by atoms with Crippen molar-refractivity contribution >= 4 is 17.7 Å². The third kappa shape index (κ3) is 4.17. The Morgan fingerprint density at radius 3 is 2.40 bits per heavy atom. The van der Waals surface area contributed by atoms with Gasteiger partial charge in [-0.2, -0.15) is 0 Å². The van der Waals surface area contributed by atoms with E-state index in [9.17, 15) is 4.79 Å². The number of aryl methyl sites for hydroxylation is 3. The van der Waals surface area contributed by atoms with E-state index in [1.807, 2.05) is 24.3 Å². The van der Waals surface area contributed by atoms with E-state index in [1.165, 1.54) is 22.3 Å². The minimum atomic E-state index is -0.793. The molecule has 0 radical (unpaired) electrons. The van der Waals surface area contributed by atoms with E-state index in [2.05, 4.69) is 38.2 Å². The second-order valence-electron chi connectivity index (χ2n) is 6.51. The fourth-order valence-electron chi connectivity index (χ4n) is 3.14. The van der Waals surface area contributed by atoms with Gasteiger partial charge in [-0.15, -0.1) is 11.8 Å². The van der Waals surface area contributed by atoms with Crippen LogP contribution >= 0.6 is 11.8 Å². The van der Waals surface area contributed by atoms with Crippen molar-refractivity contribution in [2.75, 3.05) is 5.75 Å². The topological polar surface area (TPSA) is 58.6 Å². The fraction of sp³-hybridized carbons (Fsp3) is 0.350. The molecule has 1 fully saturated rings. The van der Waals surface area contributed by atoms with E-state index in [0.29, 0.717) is 12.4 Å². The summed E-state index contributed by atoms with van der Waals surface area (Å²) in [6.07, 6.45) is 0. The van der Waals surface area contributed by atoms with E-state index in [-0.39, 0.29) is 5.37 Å². The summed E-state index contributed by atoms with van der Waals surface area (Å²) < 4.78 is 5.95. The third-order valence-corrected chi connectivity index (χ3v) is 5.75. The van der Waals surface area contributed by atoms with Crippen LogP contribution in [-0.4, -0.2) is 22.9 Å². The van der Waals surface area contributed by atoms with Crippen molar-refractivity contribution in [1.82, 2.24) is 5.32 Å². The van der Waals surface area contributed by atoms with Crippen LogP contribution in [0.3, 0.4) is 0 Å². The Hall–Kier alpha value is -1.98. The summed E-state index contributed by atoms with van der Waals surface area (Å²) in [6.45, 7) is 6.88. The molecule has 0 saturated carbocycles. The molecule has 1 saturated heterocycles. The maximum Gasteiger partial charge on any atom is 0.321 e. The number of carboxylic acids is 1. The Balaban J connectivity index is 1.63. The zero-order valence-corrected chi connectivity index (χ0v) is 15.5. The van der Waals surface area contributed by atoms with E-state index >= 15 is 0 Å². The summed E-state index contributed by atoms with van der Waals surface area (Å²) >= 11 is 1.62. The molecule has 0 spiro atoms. The zero-order chi connectivity index (χ0) is 18.0. The Morgan fingerprint density at radius 1 is 1.20 bits per heavy atom. The van der Waals surface area contributed by atoms with Crippen LogP contribution < -0.4 is 10.1 Å². The number of rotatable bonds is 5. The minimum absolute atomic E-state index is 0.0248. The quantitative estimate of drug-likeness (QED) is 0.848. The predicted octanol–water partition coefficient (Wildman–Crippen LogP) is 3.98. The number of thioether (sulfide) groups is 1. The maximum atomic E-state index is 11.0. The van der Waals surface area contributed by atoms with Gasteiger partial charge < -0.3 is 9.84 Å². The third-order valence-electron chi connectivity index (χ3n) is 4.49. The summed E-state index contributed by atoms with van der Waals surface area (Å²) in [5.74, 6) is 0.615. The summed E-state index contributed by atoms with van der Waals surface area (Å²) in [5.41, 5.74) is 6.07. The first-order chi connectivity index (χ1) is 11.9. The molecule has 3 rings (SSSR count). The lowest BCUT2D eigenvalue weighted by molar-refractivity contribution is -0.138. The highest BCUT2D eigenvalue weighted by Crippen LogP contribution is 2.33. The highest BCUT2D eigenvalue weighted by molar-refractivity contribution is 7.99. The lowest BCUT2D eigenvalue weighted by Gasteiger charge is -2.14. The maximum absolute atomic E-state index is 11.0. The van der Waals surface area contributed by atoms with Gasteiger partial charge >= 0.3 is 5.97 Å². The van der Waals surface area contributed by atoms with Crippen molar-refractivity contribution in [3.8, 4) is 5.75 Å². The second-order valence-corrected chi connectivity index (χ2v) is 7.64. The monoisotopic (exact) mass is 357 g/mol. The molecule has 0 aliphatic carbocycles.